The highest BCUT2D eigenvalue weighted by Crippen LogP contribution is 2.41. The van der Waals surface area contributed by atoms with Gasteiger partial charge in [-0.3, -0.25) is 19.2 Å². The second-order valence-electron chi connectivity index (χ2n) is 9.19. The van der Waals surface area contributed by atoms with Crippen molar-refractivity contribution in [3.8, 4) is 0 Å². The van der Waals surface area contributed by atoms with Crippen LogP contribution in [0.25, 0.3) is 0 Å². The standard InChI is InChI=1S/C28H10Br2Cl4N2O6S/c29-15-9-11(35-25(37)13-3-5-17(31)23(33)21(13)27(35)39)1-7-19(15)43(41,42)20-8-2-12(10-16(20)30)36-26(38)14-4-6-18(32)24(34)22(14)28(36)40/h1-10H. The van der Waals surface area contributed by atoms with Crippen molar-refractivity contribution in [1.29, 1.82) is 0 Å². The van der Waals surface area contributed by atoms with Crippen LogP contribution in [0.15, 0.2) is 79.4 Å². The molecule has 0 saturated heterocycles. The Morgan fingerprint density at radius 2 is 0.907 bits per heavy atom. The van der Waals surface area contributed by atoms with E-state index in [4.69, 9.17) is 46.4 Å². The molecule has 8 nitrogen and oxygen atoms in total. The van der Waals surface area contributed by atoms with Gasteiger partial charge in [-0.1, -0.05) is 46.4 Å². The monoisotopic (exact) mass is 800 g/mol. The zero-order valence-corrected chi connectivity index (χ0v) is 27.8. The summed E-state index contributed by atoms with van der Waals surface area (Å²) in [5.74, 6) is -2.69. The Balaban J connectivity index is 1.33. The van der Waals surface area contributed by atoms with Gasteiger partial charge in [-0.05, 0) is 92.5 Å². The maximum Gasteiger partial charge on any atom is 0.267 e. The lowest BCUT2D eigenvalue weighted by Crippen LogP contribution is -2.29. The molecule has 2 aliphatic heterocycles. The molecular formula is C28H10Br2Cl4N2O6S. The number of imide groups is 2. The average Bonchev–Trinajstić information content (AvgIpc) is 3.36. The number of rotatable bonds is 4. The molecule has 2 aliphatic rings. The van der Waals surface area contributed by atoms with Crippen LogP contribution in [0.5, 0.6) is 0 Å². The number of benzene rings is 4. The van der Waals surface area contributed by atoms with Crippen LogP contribution in [-0.2, 0) is 9.84 Å². The van der Waals surface area contributed by atoms with E-state index in [9.17, 15) is 27.6 Å². The largest absolute Gasteiger partial charge is 0.268 e. The molecule has 0 fully saturated rings. The number of nitrogens with zero attached hydrogens (tertiary/aromatic N) is 2. The van der Waals surface area contributed by atoms with Gasteiger partial charge in [0, 0.05) is 8.95 Å². The molecule has 15 heteroatoms. The Labute approximate surface area is 280 Å². The van der Waals surface area contributed by atoms with Crippen LogP contribution in [0.4, 0.5) is 11.4 Å². The molecule has 0 radical (unpaired) electrons. The van der Waals surface area contributed by atoms with E-state index < -0.39 is 33.5 Å². The molecule has 0 aliphatic carbocycles. The number of sulfone groups is 1. The molecule has 0 unspecified atom stereocenters. The lowest BCUT2D eigenvalue weighted by atomic mass is 10.1. The van der Waals surface area contributed by atoms with Crippen molar-refractivity contribution in [3.63, 3.8) is 0 Å². The Kier molecular flexibility index (Phi) is 7.53. The van der Waals surface area contributed by atoms with Crippen LogP contribution >= 0.6 is 78.3 Å². The predicted molar refractivity (Wildman–Crippen MR) is 169 cm³/mol. The molecule has 4 amide bonds. The van der Waals surface area contributed by atoms with Crippen molar-refractivity contribution in [2.24, 2.45) is 0 Å². The van der Waals surface area contributed by atoms with Gasteiger partial charge in [0.1, 0.15) is 0 Å². The van der Waals surface area contributed by atoms with E-state index >= 15 is 0 Å². The number of hydrogen-bond donors (Lipinski definition) is 0. The van der Waals surface area contributed by atoms with Crippen LogP contribution in [0.3, 0.4) is 0 Å². The molecule has 4 aromatic rings. The minimum atomic E-state index is -4.21. The fourth-order valence-corrected chi connectivity index (χ4v) is 8.99. The fourth-order valence-electron chi connectivity index (χ4n) is 4.81. The minimum absolute atomic E-state index is 0.0422. The van der Waals surface area contributed by atoms with E-state index in [0.717, 1.165) is 9.80 Å². The van der Waals surface area contributed by atoms with Gasteiger partial charge >= 0.3 is 0 Å². The summed E-state index contributed by atoms with van der Waals surface area (Å²) in [6.07, 6.45) is 0. The van der Waals surface area contributed by atoms with Gasteiger partial charge in [-0.15, -0.1) is 0 Å². The summed E-state index contributed by atoms with van der Waals surface area (Å²) in [6.45, 7) is 0. The Morgan fingerprint density at radius 1 is 0.535 bits per heavy atom. The molecule has 0 bridgehead atoms. The Morgan fingerprint density at radius 3 is 1.26 bits per heavy atom. The van der Waals surface area contributed by atoms with Crippen molar-refractivity contribution in [2.45, 2.75) is 9.79 Å². The van der Waals surface area contributed by atoms with Crippen molar-refractivity contribution in [2.75, 3.05) is 9.80 Å². The van der Waals surface area contributed by atoms with Crippen molar-refractivity contribution < 1.29 is 27.6 Å². The highest BCUT2D eigenvalue weighted by atomic mass is 79.9. The predicted octanol–water partition coefficient (Wildman–Crippen LogP) is 8.26. The second kappa shape index (κ2) is 10.7. The summed E-state index contributed by atoms with van der Waals surface area (Å²) in [5, 5.41) is 0.108. The molecule has 6 rings (SSSR count). The van der Waals surface area contributed by atoms with Crippen LogP contribution in [-0.4, -0.2) is 32.0 Å². The zero-order valence-electron chi connectivity index (χ0n) is 20.8. The third kappa shape index (κ3) is 4.56. The van der Waals surface area contributed by atoms with Crippen LogP contribution < -0.4 is 9.80 Å². The van der Waals surface area contributed by atoms with Crippen LogP contribution in [0.2, 0.25) is 20.1 Å². The first-order valence-corrected chi connectivity index (χ1v) is 16.4. The molecule has 0 N–H and O–H groups in total. The maximum absolute atomic E-state index is 13.7. The number of carbonyl (C=O) groups is 4. The van der Waals surface area contributed by atoms with E-state index in [1.54, 1.807) is 0 Å². The van der Waals surface area contributed by atoms with E-state index in [2.05, 4.69) is 31.9 Å². The normalized spacial score (nSPS) is 14.6. The van der Waals surface area contributed by atoms with Crippen molar-refractivity contribution in [3.05, 3.63) is 112 Å². The Hall–Kier alpha value is -2.77. The molecular weight excluding hydrogens is 794 g/mol. The molecule has 43 heavy (non-hydrogen) atoms. The molecule has 0 aromatic heterocycles. The molecule has 0 spiro atoms. The van der Waals surface area contributed by atoms with E-state index in [-0.39, 0.29) is 72.5 Å². The third-order valence-corrected chi connectivity index (χ3v) is 12.1. The quantitative estimate of drug-likeness (QED) is 0.192. The SMILES string of the molecule is O=C1c2ccc(Cl)c(Cl)c2C(=O)N1c1ccc(S(=O)(=O)c2ccc(N3C(=O)c4ccc(Cl)c(Cl)c4C3=O)cc2Br)c(Br)c1. The summed E-state index contributed by atoms with van der Waals surface area (Å²) < 4.78 is 27.5. The molecule has 216 valence electrons. The lowest BCUT2D eigenvalue weighted by molar-refractivity contribution is 0.0910. The van der Waals surface area contributed by atoms with Gasteiger partial charge in [0.25, 0.3) is 23.6 Å². The van der Waals surface area contributed by atoms with Gasteiger partial charge in [0.15, 0.2) is 0 Å². The smallest absolute Gasteiger partial charge is 0.267 e. The summed E-state index contributed by atoms with van der Waals surface area (Å²) in [7, 11) is -4.21. The number of anilines is 2. The summed E-state index contributed by atoms with van der Waals surface area (Å²) in [4.78, 5) is 53.6. The van der Waals surface area contributed by atoms with Crippen molar-refractivity contribution in [1.82, 2.24) is 0 Å². The first-order valence-electron chi connectivity index (χ1n) is 11.8. The average molecular weight is 804 g/mol. The van der Waals surface area contributed by atoms with E-state index in [1.165, 1.54) is 60.7 Å². The minimum Gasteiger partial charge on any atom is -0.268 e. The number of amides is 4. The molecule has 4 aromatic carbocycles. The fraction of sp³-hybridized carbons (Fsp3) is 0. The number of hydrogen-bond acceptors (Lipinski definition) is 6. The summed E-state index contributed by atoms with van der Waals surface area (Å²) in [5.41, 5.74) is 0.254. The zero-order chi connectivity index (χ0) is 31.1. The van der Waals surface area contributed by atoms with Gasteiger partial charge in [-0.25, -0.2) is 18.2 Å². The molecule has 2 heterocycles. The molecule has 0 atom stereocenters. The lowest BCUT2D eigenvalue weighted by Gasteiger charge is -2.17. The summed E-state index contributed by atoms with van der Waals surface area (Å²) >= 11 is 30.9. The second-order valence-corrected chi connectivity index (χ2v) is 14.4. The van der Waals surface area contributed by atoms with Gasteiger partial charge < -0.3 is 0 Å². The maximum atomic E-state index is 13.7. The first kappa shape index (κ1) is 30.3. The first-order chi connectivity index (χ1) is 20.2. The van der Waals surface area contributed by atoms with E-state index in [0.29, 0.717) is 0 Å². The Bertz CT molecular complexity index is 1980. The topological polar surface area (TPSA) is 109 Å². The van der Waals surface area contributed by atoms with Gasteiger partial charge in [0.2, 0.25) is 9.84 Å². The number of halogens is 6. The van der Waals surface area contributed by atoms with Crippen LogP contribution in [0, 0.1) is 0 Å². The highest BCUT2D eigenvalue weighted by molar-refractivity contribution is 9.11. The third-order valence-electron chi connectivity index (χ3n) is 6.82. The summed E-state index contributed by atoms with van der Waals surface area (Å²) in [6, 6.07) is 13.3. The highest BCUT2D eigenvalue weighted by Gasteiger charge is 2.41. The van der Waals surface area contributed by atoms with Gasteiger partial charge in [-0.2, -0.15) is 0 Å². The van der Waals surface area contributed by atoms with Gasteiger partial charge in [0.05, 0.1) is 63.5 Å². The number of fused-ring (bicyclic) bond motifs is 2. The van der Waals surface area contributed by atoms with E-state index in [1.807, 2.05) is 0 Å². The molecule has 0 saturated carbocycles. The number of carbonyl (C=O) groups excluding carboxylic acids is 4. The van der Waals surface area contributed by atoms with Crippen molar-refractivity contribution >= 4 is 123 Å². The van der Waals surface area contributed by atoms with Crippen LogP contribution in [0.1, 0.15) is 41.4 Å².